The number of hydrogen-bond acceptors (Lipinski definition) is 6. The minimum absolute atomic E-state index is 0.128. The van der Waals surface area contributed by atoms with Crippen LogP contribution in [0.2, 0.25) is 0 Å². The van der Waals surface area contributed by atoms with Crippen molar-refractivity contribution in [2.75, 3.05) is 0 Å². The number of aromatic nitrogens is 4. The highest BCUT2D eigenvalue weighted by molar-refractivity contribution is 5.74. The molecule has 0 spiro atoms. The Morgan fingerprint density at radius 2 is 2.07 bits per heavy atom. The molecular formula is C21H21F2N5O2. The fourth-order valence-corrected chi connectivity index (χ4v) is 4.30. The van der Waals surface area contributed by atoms with Crippen molar-refractivity contribution in [3.63, 3.8) is 0 Å². The predicted molar refractivity (Wildman–Crippen MR) is 105 cm³/mol. The van der Waals surface area contributed by atoms with Gasteiger partial charge in [-0.25, -0.2) is 8.78 Å². The van der Waals surface area contributed by atoms with Crippen molar-refractivity contribution in [2.45, 2.75) is 43.6 Å². The quantitative estimate of drug-likeness (QED) is 0.684. The molecule has 2 saturated heterocycles. The molecule has 2 N–H and O–H groups in total. The molecule has 5 rings (SSSR count). The Hall–Kier alpha value is -3.07. The maximum Gasteiger partial charge on any atom is 0.233 e. The van der Waals surface area contributed by atoms with Crippen LogP contribution in [0.15, 0.2) is 36.7 Å². The highest BCUT2D eigenvalue weighted by Gasteiger charge is 2.43. The first-order chi connectivity index (χ1) is 14.5. The number of alkyl halides is 1. The summed E-state index contributed by atoms with van der Waals surface area (Å²) in [5.41, 5.74) is 1.30. The molecule has 0 radical (unpaired) electrons. The number of aromatic hydroxyl groups is 1. The summed E-state index contributed by atoms with van der Waals surface area (Å²) in [5.74, 6) is -0.431. The van der Waals surface area contributed by atoms with Crippen molar-refractivity contribution in [3.05, 3.63) is 42.5 Å². The molecule has 4 heterocycles. The zero-order valence-electron chi connectivity index (χ0n) is 16.3. The van der Waals surface area contributed by atoms with Crippen molar-refractivity contribution in [1.82, 2.24) is 25.3 Å². The van der Waals surface area contributed by atoms with E-state index in [2.05, 4.69) is 20.6 Å². The Kier molecular flexibility index (Phi) is 4.62. The largest absolute Gasteiger partial charge is 0.507 e. The number of fused-ring (bicyclic) bond motifs is 2. The Morgan fingerprint density at radius 3 is 2.80 bits per heavy atom. The lowest BCUT2D eigenvalue weighted by Crippen LogP contribution is -2.51. The highest BCUT2D eigenvalue weighted by atomic mass is 19.1. The van der Waals surface area contributed by atoms with Gasteiger partial charge in [0, 0.05) is 54.5 Å². The van der Waals surface area contributed by atoms with Gasteiger partial charge in [-0.15, -0.1) is 10.2 Å². The van der Waals surface area contributed by atoms with Crippen molar-refractivity contribution in [1.29, 1.82) is 0 Å². The van der Waals surface area contributed by atoms with E-state index < -0.39 is 18.1 Å². The van der Waals surface area contributed by atoms with Gasteiger partial charge in [0.25, 0.3) is 0 Å². The molecular weight excluding hydrogens is 392 g/mol. The molecule has 30 heavy (non-hydrogen) atoms. The minimum atomic E-state index is -1.09. The second-order valence-corrected chi connectivity index (χ2v) is 7.89. The lowest BCUT2D eigenvalue weighted by Gasteiger charge is -2.32. The SMILES string of the molecule is Cn1cc(-c2cc(O)c(-c3ccc(O[C@@H]4CC5CCC(N5)[C@@H]4F)nn3)cc2F)cn1. The maximum absolute atomic E-state index is 14.7. The van der Waals surface area contributed by atoms with Gasteiger partial charge in [0.2, 0.25) is 5.88 Å². The second kappa shape index (κ2) is 7.32. The normalized spacial score (nSPS) is 25.4. The number of benzene rings is 1. The summed E-state index contributed by atoms with van der Waals surface area (Å²) in [6, 6.07) is 5.79. The summed E-state index contributed by atoms with van der Waals surface area (Å²) in [4.78, 5) is 0. The lowest BCUT2D eigenvalue weighted by atomic mass is 10.0. The van der Waals surface area contributed by atoms with Gasteiger partial charge in [0.1, 0.15) is 17.7 Å². The lowest BCUT2D eigenvalue weighted by molar-refractivity contribution is 0.0422. The summed E-state index contributed by atoms with van der Waals surface area (Å²) in [6.45, 7) is 0. The number of piperidine rings is 1. The third-order valence-corrected chi connectivity index (χ3v) is 5.82. The summed E-state index contributed by atoms with van der Waals surface area (Å²) in [6.07, 6.45) is 3.88. The van der Waals surface area contributed by atoms with Crippen LogP contribution >= 0.6 is 0 Å². The van der Waals surface area contributed by atoms with Gasteiger partial charge in [-0.3, -0.25) is 4.68 Å². The van der Waals surface area contributed by atoms with Gasteiger partial charge in [0.15, 0.2) is 6.17 Å². The molecule has 156 valence electrons. The van der Waals surface area contributed by atoms with E-state index in [1.54, 1.807) is 30.1 Å². The predicted octanol–water partition coefficient (Wildman–Crippen LogP) is 3.00. The van der Waals surface area contributed by atoms with Gasteiger partial charge < -0.3 is 15.2 Å². The average molecular weight is 413 g/mol. The summed E-state index contributed by atoms with van der Waals surface area (Å²) < 4.78 is 36.5. The number of phenols is 1. The number of ether oxygens (including phenoxy) is 1. The van der Waals surface area contributed by atoms with E-state index in [0.717, 1.165) is 12.8 Å². The van der Waals surface area contributed by atoms with E-state index in [4.69, 9.17) is 4.74 Å². The molecule has 2 bridgehead atoms. The van der Waals surface area contributed by atoms with Crippen LogP contribution in [0, 0.1) is 5.82 Å². The van der Waals surface area contributed by atoms with Gasteiger partial charge in [-0.1, -0.05) is 0 Å². The van der Waals surface area contributed by atoms with Crippen molar-refractivity contribution < 1.29 is 18.6 Å². The Labute approximate surface area is 171 Å². The van der Waals surface area contributed by atoms with Gasteiger partial charge in [0.05, 0.1) is 11.9 Å². The molecule has 4 atom stereocenters. The van der Waals surface area contributed by atoms with E-state index in [1.807, 2.05) is 0 Å². The number of nitrogens with zero attached hydrogens (tertiary/aromatic N) is 4. The molecule has 2 aliphatic heterocycles. The van der Waals surface area contributed by atoms with Gasteiger partial charge in [-0.2, -0.15) is 5.10 Å². The first-order valence-corrected chi connectivity index (χ1v) is 9.90. The second-order valence-electron chi connectivity index (χ2n) is 7.89. The van der Waals surface area contributed by atoms with Crippen LogP contribution in [-0.2, 0) is 7.05 Å². The first kappa shape index (κ1) is 18.9. The molecule has 9 heteroatoms. The third-order valence-electron chi connectivity index (χ3n) is 5.82. The summed E-state index contributed by atoms with van der Waals surface area (Å²) in [5, 5.41) is 25.7. The van der Waals surface area contributed by atoms with Crippen LogP contribution in [0.1, 0.15) is 19.3 Å². The van der Waals surface area contributed by atoms with E-state index >= 15 is 0 Å². The van der Waals surface area contributed by atoms with Crippen molar-refractivity contribution >= 4 is 0 Å². The Morgan fingerprint density at radius 1 is 1.20 bits per heavy atom. The molecule has 2 fully saturated rings. The number of rotatable bonds is 4. The van der Waals surface area contributed by atoms with E-state index in [9.17, 15) is 13.9 Å². The standard InChI is InChI=1S/C21H21F2N5O2/c1-28-10-11(9-24-28)13-8-18(29)14(7-15(13)22)16-4-5-20(27-26-16)30-19-6-12-2-3-17(25-12)21(19)23/h4-5,7-10,12,17,19,21,25,29H,2-3,6H2,1H3/t12?,17?,19-,21+/m1/s1. The van der Waals surface area contributed by atoms with E-state index in [-0.39, 0.29) is 34.8 Å². The topological polar surface area (TPSA) is 85.1 Å². The number of phenolic OH excluding ortho intramolecular Hbond substituents is 1. The number of nitrogens with one attached hydrogen (secondary N) is 1. The van der Waals surface area contributed by atoms with Gasteiger partial charge in [-0.05, 0) is 31.0 Å². The zero-order valence-corrected chi connectivity index (χ0v) is 16.3. The molecule has 0 amide bonds. The van der Waals surface area contributed by atoms with E-state index in [0.29, 0.717) is 17.7 Å². The van der Waals surface area contributed by atoms with Crippen molar-refractivity contribution in [3.8, 4) is 34.0 Å². The van der Waals surface area contributed by atoms with Gasteiger partial charge >= 0.3 is 0 Å². The first-order valence-electron chi connectivity index (χ1n) is 9.90. The molecule has 0 aliphatic carbocycles. The molecule has 7 nitrogen and oxygen atoms in total. The maximum atomic E-state index is 14.7. The van der Waals surface area contributed by atoms with E-state index in [1.165, 1.54) is 18.3 Å². The van der Waals surface area contributed by atoms with Crippen LogP contribution in [0.5, 0.6) is 11.6 Å². The minimum Gasteiger partial charge on any atom is -0.507 e. The number of aryl methyl sites for hydroxylation is 1. The number of halogens is 2. The third kappa shape index (κ3) is 3.39. The van der Waals surface area contributed by atoms with Crippen molar-refractivity contribution in [2.24, 2.45) is 7.05 Å². The molecule has 2 unspecified atom stereocenters. The van der Waals surface area contributed by atoms with Crippen LogP contribution in [-0.4, -0.2) is 49.4 Å². The Balaban J connectivity index is 1.36. The monoisotopic (exact) mass is 413 g/mol. The smallest absolute Gasteiger partial charge is 0.233 e. The fourth-order valence-electron chi connectivity index (χ4n) is 4.30. The molecule has 0 saturated carbocycles. The van der Waals surface area contributed by atoms with Crippen LogP contribution in [0.3, 0.4) is 0 Å². The van der Waals surface area contributed by atoms with Crippen LogP contribution in [0.4, 0.5) is 8.78 Å². The Bertz CT molecular complexity index is 1070. The van der Waals surface area contributed by atoms with Crippen LogP contribution in [0.25, 0.3) is 22.4 Å². The molecule has 1 aromatic carbocycles. The zero-order chi connectivity index (χ0) is 20.8. The summed E-state index contributed by atoms with van der Waals surface area (Å²) >= 11 is 0. The fraction of sp³-hybridized carbons (Fsp3) is 0.381. The van der Waals surface area contributed by atoms with Crippen LogP contribution < -0.4 is 10.1 Å². The molecule has 2 aliphatic rings. The summed E-state index contributed by atoms with van der Waals surface area (Å²) in [7, 11) is 1.73. The molecule has 2 aromatic heterocycles. The highest BCUT2D eigenvalue weighted by Crippen LogP contribution is 2.35. The molecule has 3 aromatic rings. The average Bonchev–Trinajstić information content (AvgIpc) is 3.35. The number of hydrogen-bond donors (Lipinski definition) is 2.